The van der Waals surface area contributed by atoms with Crippen molar-refractivity contribution in [1.82, 2.24) is 9.97 Å². The summed E-state index contributed by atoms with van der Waals surface area (Å²) in [7, 11) is 1.50. The van der Waals surface area contributed by atoms with Crippen molar-refractivity contribution in [2.45, 2.75) is 0 Å². The molecule has 0 spiro atoms. The fraction of sp³-hybridized carbons (Fsp3) is 0.0833. The van der Waals surface area contributed by atoms with E-state index >= 15 is 0 Å². The van der Waals surface area contributed by atoms with Crippen LogP contribution in [0.3, 0.4) is 0 Å². The van der Waals surface area contributed by atoms with Gasteiger partial charge in [-0.3, -0.25) is 10.1 Å². The summed E-state index contributed by atoms with van der Waals surface area (Å²) in [5.41, 5.74) is -0.130. The van der Waals surface area contributed by atoms with Crippen molar-refractivity contribution in [2.75, 3.05) is 12.4 Å². The molecule has 0 radical (unpaired) electrons. The van der Waals surface area contributed by atoms with Gasteiger partial charge in [-0.1, -0.05) is 12.1 Å². The van der Waals surface area contributed by atoms with Crippen LogP contribution in [0, 0.1) is 21.4 Å². The van der Waals surface area contributed by atoms with Gasteiger partial charge in [0.05, 0.1) is 10.5 Å². The van der Waals surface area contributed by atoms with Crippen molar-refractivity contribution in [2.24, 2.45) is 0 Å². The molecule has 100 valence electrons. The lowest BCUT2D eigenvalue weighted by atomic mass is 10.2. The summed E-state index contributed by atoms with van der Waals surface area (Å²) in [6.07, 6.45) is 1.14. The number of nitrogens with zero attached hydrogens (tertiary/aromatic N) is 4. The van der Waals surface area contributed by atoms with E-state index in [1.807, 2.05) is 6.07 Å². The molecule has 0 atom stereocenters. The number of nitrogens with one attached hydrogen (secondary N) is 1. The van der Waals surface area contributed by atoms with Crippen LogP contribution in [0.5, 0.6) is 11.6 Å². The molecule has 8 heteroatoms. The fourth-order valence-corrected chi connectivity index (χ4v) is 1.54. The number of aromatic nitrogens is 2. The van der Waals surface area contributed by atoms with Gasteiger partial charge in [-0.25, -0.2) is 4.98 Å². The highest BCUT2D eigenvalue weighted by molar-refractivity contribution is 5.61. The SMILES string of the molecule is CNc1ncnc(Oc2ccccc2C#N)c1[N+](=O)[O-]. The third-order valence-electron chi connectivity index (χ3n) is 2.42. The number of nitro groups is 1. The van der Waals surface area contributed by atoms with E-state index in [1.165, 1.54) is 13.1 Å². The minimum atomic E-state index is -0.643. The Morgan fingerprint density at radius 1 is 1.40 bits per heavy atom. The highest BCUT2D eigenvalue weighted by atomic mass is 16.6. The second-order valence-corrected chi connectivity index (χ2v) is 3.59. The molecular weight excluding hydrogens is 262 g/mol. The summed E-state index contributed by atoms with van der Waals surface area (Å²) in [5.74, 6) is 0.00495. The number of anilines is 1. The van der Waals surface area contributed by atoms with E-state index in [4.69, 9.17) is 10.00 Å². The molecule has 0 aliphatic heterocycles. The van der Waals surface area contributed by atoms with Gasteiger partial charge in [0.1, 0.15) is 18.1 Å². The molecule has 0 fully saturated rings. The van der Waals surface area contributed by atoms with Crippen LogP contribution in [0.4, 0.5) is 11.5 Å². The number of rotatable bonds is 4. The molecule has 2 aromatic rings. The zero-order chi connectivity index (χ0) is 14.5. The van der Waals surface area contributed by atoms with E-state index in [1.54, 1.807) is 18.2 Å². The molecule has 1 heterocycles. The molecule has 2 rings (SSSR count). The van der Waals surface area contributed by atoms with Crippen molar-refractivity contribution < 1.29 is 9.66 Å². The molecule has 0 amide bonds. The molecule has 8 nitrogen and oxygen atoms in total. The lowest BCUT2D eigenvalue weighted by molar-refractivity contribution is -0.385. The Labute approximate surface area is 113 Å². The first-order valence-electron chi connectivity index (χ1n) is 5.51. The quantitative estimate of drug-likeness (QED) is 0.668. The monoisotopic (exact) mass is 271 g/mol. The normalized spacial score (nSPS) is 9.60. The van der Waals surface area contributed by atoms with Crippen LogP contribution >= 0.6 is 0 Å². The summed E-state index contributed by atoms with van der Waals surface area (Å²) in [5, 5.41) is 22.6. The molecule has 1 aromatic heterocycles. The standard InChI is InChI=1S/C12H9N5O3/c1-14-11-10(17(18)19)12(16-7-15-11)20-9-5-3-2-4-8(9)6-13/h2-5,7H,1H3,(H,14,15,16). The predicted molar refractivity (Wildman–Crippen MR) is 69.5 cm³/mol. The van der Waals surface area contributed by atoms with Crippen LogP contribution in [-0.2, 0) is 0 Å². The number of benzene rings is 1. The van der Waals surface area contributed by atoms with E-state index in [9.17, 15) is 10.1 Å². The van der Waals surface area contributed by atoms with Gasteiger partial charge in [0, 0.05) is 7.05 Å². The smallest absolute Gasteiger partial charge is 0.373 e. The van der Waals surface area contributed by atoms with Crippen LogP contribution in [0.25, 0.3) is 0 Å². The fourth-order valence-electron chi connectivity index (χ4n) is 1.54. The summed E-state index contributed by atoms with van der Waals surface area (Å²) in [6.45, 7) is 0. The highest BCUT2D eigenvalue weighted by Crippen LogP contribution is 2.34. The third-order valence-corrected chi connectivity index (χ3v) is 2.42. The Morgan fingerprint density at radius 3 is 2.80 bits per heavy atom. The van der Waals surface area contributed by atoms with Gasteiger partial charge in [0.2, 0.25) is 5.82 Å². The third kappa shape index (κ3) is 2.46. The molecule has 0 unspecified atom stereocenters. The molecule has 20 heavy (non-hydrogen) atoms. The van der Waals surface area contributed by atoms with E-state index in [0.717, 1.165) is 6.33 Å². The topological polar surface area (TPSA) is 114 Å². The lowest BCUT2D eigenvalue weighted by Gasteiger charge is -2.08. The molecular formula is C12H9N5O3. The first-order chi connectivity index (χ1) is 9.67. The van der Waals surface area contributed by atoms with Crippen LogP contribution < -0.4 is 10.1 Å². The van der Waals surface area contributed by atoms with Crippen molar-refractivity contribution in [3.05, 3.63) is 46.3 Å². The Kier molecular flexibility index (Phi) is 3.72. The molecule has 0 aliphatic carbocycles. The van der Waals surface area contributed by atoms with Crippen molar-refractivity contribution in [3.63, 3.8) is 0 Å². The van der Waals surface area contributed by atoms with Gasteiger partial charge in [-0.05, 0) is 12.1 Å². The van der Waals surface area contributed by atoms with Crippen LogP contribution in [0.15, 0.2) is 30.6 Å². The number of para-hydroxylation sites is 1. The van der Waals surface area contributed by atoms with Gasteiger partial charge in [0.25, 0.3) is 0 Å². The first kappa shape index (κ1) is 13.2. The Morgan fingerprint density at radius 2 is 2.15 bits per heavy atom. The number of hydrogen-bond acceptors (Lipinski definition) is 7. The molecule has 0 saturated carbocycles. The van der Waals surface area contributed by atoms with Gasteiger partial charge in [-0.15, -0.1) is 0 Å². The number of hydrogen-bond donors (Lipinski definition) is 1. The highest BCUT2D eigenvalue weighted by Gasteiger charge is 2.24. The summed E-state index contributed by atoms with van der Waals surface area (Å²) in [6, 6.07) is 8.33. The Bertz CT molecular complexity index is 696. The molecule has 0 bridgehead atoms. The van der Waals surface area contributed by atoms with Crippen LogP contribution in [-0.4, -0.2) is 21.9 Å². The maximum absolute atomic E-state index is 11.1. The molecule has 0 aliphatic rings. The zero-order valence-corrected chi connectivity index (χ0v) is 10.4. The second-order valence-electron chi connectivity index (χ2n) is 3.59. The maximum Gasteiger partial charge on any atom is 0.373 e. The van der Waals surface area contributed by atoms with E-state index in [2.05, 4.69) is 15.3 Å². The largest absolute Gasteiger partial charge is 0.432 e. The zero-order valence-electron chi connectivity index (χ0n) is 10.4. The van der Waals surface area contributed by atoms with Crippen molar-refractivity contribution in [1.29, 1.82) is 5.26 Å². The van der Waals surface area contributed by atoms with Crippen LogP contribution in [0.2, 0.25) is 0 Å². The predicted octanol–water partition coefficient (Wildman–Crippen LogP) is 2.09. The summed E-state index contributed by atoms with van der Waals surface area (Å²) in [4.78, 5) is 18.0. The van der Waals surface area contributed by atoms with Gasteiger partial charge in [0.15, 0.2) is 0 Å². The average Bonchev–Trinajstić information content (AvgIpc) is 2.47. The maximum atomic E-state index is 11.1. The summed E-state index contributed by atoms with van der Waals surface area (Å²) < 4.78 is 5.38. The Hall–Kier alpha value is -3.21. The lowest BCUT2D eigenvalue weighted by Crippen LogP contribution is -2.03. The van der Waals surface area contributed by atoms with Gasteiger partial charge < -0.3 is 10.1 Å². The van der Waals surface area contributed by atoms with Crippen molar-refractivity contribution in [3.8, 4) is 17.7 Å². The van der Waals surface area contributed by atoms with E-state index in [-0.39, 0.29) is 28.7 Å². The minimum absolute atomic E-state index is 0.0365. The van der Waals surface area contributed by atoms with Crippen molar-refractivity contribution >= 4 is 11.5 Å². The molecule has 1 aromatic carbocycles. The summed E-state index contributed by atoms with van der Waals surface area (Å²) >= 11 is 0. The first-order valence-corrected chi connectivity index (χ1v) is 5.51. The van der Waals surface area contributed by atoms with Crippen LogP contribution in [0.1, 0.15) is 5.56 Å². The average molecular weight is 271 g/mol. The van der Waals surface area contributed by atoms with Gasteiger partial charge >= 0.3 is 11.6 Å². The molecule has 1 N–H and O–H groups in total. The van der Waals surface area contributed by atoms with Gasteiger partial charge in [-0.2, -0.15) is 10.2 Å². The number of nitriles is 1. The molecule has 0 saturated heterocycles. The van der Waals surface area contributed by atoms with E-state index < -0.39 is 4.92 Å². The minimum Gasteiger partial charge on any atom is -0.432 e. The second kappa shape index (κ2) is 5.62. The number of ether oxygens (including phenoxy) is 1. The van der Waals surface area contributed by atoms with E-state index in [0.29, 0.717) is 0 Å². The Balaban J connectivity index is 2.49.